The van der Waals surface area contributed by atoms with Crippen LogP contribution < -0.4 is 0 Å². The predicted molar refractivity (Wildman–Crippen MR) is 71.0 cm³/mol. The van der Waals surface area contributed by atoms with E-state index in [-0.39, 0.29) is 17.4 Å². The lowest BCUT2D eigenvalue weighted by atomic mass is 9.57. The SMILES string of the molecule is CC1(O)C=CC(C)(C2(C)CC(O)C=C2CO)CC1. The Bertz CT molecular complexity index is 397. The van der Waals surface area contributed by atoms with Crippen molar-refractivity contribution in [2.45, 2.75) is 51.7 Å². The highest BCUT2D eigenvalue weighted by atomic mass is 16.3. The summed E-state index contributed by atoms with van der Waals surface area (Å²) in [5, 5.41) is 29.4. The van der Waals surface area contributed by atoms with Gasteiger partial charge in [-0.15, -0.1) is 0 Å². The Hall–Kier alpha value is -0.640. The number of aliphatic hydroxyl groups excluding tert-OH is 2. The number of aliphatic hydroxyl groups is 3. The average molecular weight is 252 g/mol. The third kappa shape index (κ3) is 2.04. The molecule has 3 heteroatoms. The first-order valence-electron chi connectivity index (χ1n) is 6.65. The maximum Gasteiger partial charge on any atom is 0.0800 e. The molecule has 2 aliphatic rings. The molecule has 0 radical (unpaired) electrons. The normalized spacial score (nSPS) is 48.3. The molecule has 0 aliphatic heterocycles. The maximum atomic E-state index is 10.0. The lowest BCUT2D eigenvalue weighted by Gasteiger charge is -2.48. The minimum absolute atomic E-state index is 0.00656. The van der Waals surface area contributed by atoms with Crippen LogP contribution in [0.5, 0.6) is 0 Å². The minimum atomic E-state index is -0.726. The summed E-state index contributed by atoms with van der Waals surface area (Å²) in [5.41, 5.74) is -0.158. The molecule has 0 heterocycles. The molecule has 102 valence electrons. The van der Waals surface area contributed by atoms with E-state index >= 15 is 0 Å². The molecule has 3 nitrogen and oxygen atoms in total. The first-order valence-corrected chi connectivity index (χ1v) is 6.65. The van der Waals surface area contributed by atoms with Gasteiger partial charge in [0, 0.05) is 5.41 Å². The standard InChI is InChI=1S/C15H24O3/c1-13(4-6-14(2,18)7-5-13)15(3)9-12(17)8-11(15)10-16/h4,6,8,12,16-18H,5,7,9-10H2,1-3H3. The Morgan fingerprint density at radius 3 is 2.39 bits per heavy atom. The molecule has 0 fully saturated rings. The van der Waals surface area contributed by atoms with Crippen molar-refractivity contribution < 1.29 is 15.3 Å². The van der Waals surface area contributed by atoms with E-state index in [0.717, 1.165) is 12.0 Å². The predicted octanol–water partition coefficient (Wildman–Crippen LogP) is 1.78. The van der Waals surface area contributed by atoms with Crippen LogP contribution in [0.1, 0.15) is 40.0 Å². The molecule has 0 aromatic heterocycles. The van der Waals surface area contributed by atoms with E-state index < -0.39 is 11.7 Å². The second-order valence-electron chi connectivity index (χ2n) is 6.56. The Morgan fingerprint density at radius 2 is 1.89 bits per heavy atom. The smallest absolute Gasteiger partial charge is 0.0800 e. The summed E-state index contributed by atoms with van der Waals surface area (Å²) in [4.78, 5) is 0. The second kappa shape index (κ2) is 4.19. The first kappa shape index (κ1) is 13.8. The van der Waals surface area contributed by atoms with Gasteiger partial charge in [-0.3, -0.25) is 0 Å². The molecule has 0 spiro atoms. The summed E-state index contributed by atoms with van der Waals surface area (Å²) in [6, 6.07) is 0. The topological polar surface area (TPSA) is 60.7 Å². The van der Waals surface area contributed by atoms with Crippen molar-refractivity contribution in [3.63, 3.8) is 0 Å². The van der Waals surface area contributed by atoms with Gasteiger partial charge in [0.05, 0.1) is 18.3 Å². The Labute approximate surface area is 109 Å². The fourth-order valence-electron chi connectivity index (χ4n) is 3.35. The van der Waals surface area contributed by atoms with Gasteiger partial charge in [-0.05, 0) is 37.2 Å². The van der Waals surface area contributed by atoms with Gasteiger partial charge >= 0.3 is 0 Å². The molecule has 0 aromatic carbocycles. The Kier molecular flexibility index (Phi) is 3.21. The lowest BCUT2D eigenvalue weighted by molar-refractivity contribution is 0.0348. The van der Waals surface area contributed by atoms with Gasteiger partial charge in [0.1, 0.15) is 0 Å². The summed E-state index contributed by atoms with van der Waals surface area (Å²) >= 11 is 0. The Morgan fingerprint density at radius 1 is 1.22 bits per heavy atom. The molecule has 0 amide bonds. The highest BCUT2D eigenvalue weighted by Crippen LogP contribution is 2.56. The van der Waals surface area contributed by atoms with Crippen molar-refractivity contribution in [2.24, 2.45) is 10.8 Å². The van der Waals surface area contributed by atoms with E-state index in [0.29, 0.717) is 12.8 Å². The van der Waals surface area contributed by atoms with Crippen LogP contribution in [-0.2, 0) is 0 Å². The summed E-state index contributed by atoms with van der Waals surface area (Å²) in [6.07, 6.45) is 7.46. The van der Waals surface area contributed by atoms with E-state index in [1.165, 1.54) is 0 Å². The zero-order valence-electron chi connectivity index (χ0n) is 11.5. The Balaban J connectivity index is 2.34. The van der Waals surface area contributed by atoms with Gasteiger partial charge in [0.2, 0.25) is 0 Å². The lowest BCUT2D eigenvalue weighted by Crippen LogP contribution is -2.42. The fourth-order valence-corrected chi connectivity index (χ4v) is 3.35. The number of rotatable bonds is 2. The molecule has 3 N–H and O–H groups in total. The van der Waals surface area contributed by atoms with Crippen LogP contribution in [0.3, 0.4) is 0 Å². The maximum absolute atomic E-state index is 10.0. The van der Waals surface area contributed by atoms with E-state index in [2.05, 4.69) is 19.9 Å². The van der Waals surface area contributed by atoms with Gasteiger partial charge in [0.25, 0.3) is 0 Å². The van der Waals surface area contributed by atoms with E-state index in [4.69, 9.17) is 0 Å². The number of hydrogen-bond donors (Lipinski definition) is 3. The van der Waals surface area contributed by atoms with Crippen LogP contribution >= 0.6 is 0 Å². The molecule has 0 aromatic rings. The molecule has 2 aliphatic carbocycles. The van der Waals surface area contributed by atoms with Crippen LogP contribution in [0.15, 0.2) is 23.8 Å². The zero-order valence-corrected chi connectivity index (χ0v) is 11.5. The molecular weight excluding hydrogens is 228 g/mol. The summed E-state index contributed by atoms with van der Waals surface area (Å²) in [5.74, 6) is 0. The molecule has 4 atom stereocenters. The minimum Gasteiger partial charge on any atom is -0.392 e. The average Bonchev–Trinajstić information content (AvgIpc) is 2.60. The third-order valence-electron chi connectivity index (χ3n) is 5.11. The molecule has 2 rings (SSSR count). The van der Waals surface area contributed by atoms with Gasteiger partial charge in [0.15, 0.2) is 0 Å². The zero-order chi connectivity index (χ0) is 13.6. The molecule has 0 saturated heterocycles. The van der Waals surface area contributed by atoms with Crippen molar-refractivity contribution in [3.05, 3.63) is 23.8 Å². The van der Waals surface area contributed by atoms with Gasteiger partial charge < -0.3 is 15.3 Å². The molecule has 0 bridgehead atoms. The van der Waals surface area contributed by atoms with Crippen LogP contribution in [0, 0.1) is 10.8 Å². The third-order valence-corrected chi connectivity index (χ3v) is 5.11. The van der Waals surface area contributed by atoms with Gasteiger partial charge in [-0.25, -0.2) is 0 Å². The van der Waals surface area contributed by atoms with Crippen LogP contribution in [0.4, 0.5) is 0 Å². The van der Waals surface area contributed by atoms with Gasteiger partial charge in [-0.2, -0.15) is 0 Å². The van der Waals surface area contributed by atoms with E-state index in [9.17, 15) is 15.3 Å². The van der Waals surface area contributed by atoms with Crippen molar-refractivity contribution in [3.8, 4) is 0 Å². The molecule has 4 unspecified atom stereocenters. The number of hydrogen-bond acceptors (Lipinski definition) is 3. The van der Waals surface area contributed by atoms with Crippen molar-refractivity contribution in [2.75, 3.05) is 6.61 Å². The van der Waals surface area contributed by atoms with Crippen LogP contribution in [-0.4, -0.2) is 33.6 Å². The highest BCUT2D eigenvalue weighted by Gasteiger charge is 2.50. The fraction of sp³-hybridized carbons (Fsp3) is 0.733. The largest absolute Gasteiger partial charge is 0.392 e. The highest BCUT2D eigenvalue weighted by molar-refractivity contribution is 5.31. The second-order valence-corrected chi connectivity index (χ2v) is 6.56. The van der Waals surface area contributed by atoms with Crippen molar-refractivity contribution >= 4 is 0 Å². The molecule has 18 heavy (non-hydrogen) atoms. The summed E-state index contributed by atoms with van der Waals surface area (Å²) in [7, 11) is 0. The van der Waals surface area contributed by atoms with E-state index in [1.54, 1.807) is 6.08 Å². The van der Waals surface area contributed by atoms with Crippen LogP contribution in [0.2, 0.25) is 0 Å². The van der Waals surface area contributed by atoms with E-state index in [1.807, 2.05) is 13.0 Å². The molecule has 0 saturated carbocycles. The summed E-state index contributed by atoms with van der Waals surface area (Å²) < 4.78 is 0. The van der Waals surface area contributed by atoms with Crippen LogP contribution in [0.25, 0.3) is 0 Å². The molecular formula is C15H24O3. The quantitative estimate of drug-likeness (QED) is 0.657. The van der Waals surface area contributed by atoms with Crippen molar-refractivity contribution in [1.82, 2.24) is 0 Å². The summed E-state index contributed by atoms with van der Waals surface area (Å²) in [6.45, 7) is 6.07. The first-order chi connectivity index (χ1) is 8.22. The monoisotopic (exact) mass is 252 g/mol. The van der Waals surface area contributed by atoms with Gasteiger partial charge in [-0.1, -0.05) is 32.1 Å². The van der Waals surface area contributed by atoms with Crippen molar-refractivity contribution in [1.29, 1.82) is 0 Å². The number of allylic oxidation sites excluding steroid dienone is 1.